The fourth-order valence-corrected chi connectivity index (χ4v) is 2.89. The van der Waals surface area contributed by atoms with E-state index in [2.05, 4.69) is 26.4 Å². The molecule has 0 aromatic carbocycles. The van der Waals surface area contributed by atoms with Gasteiger partial charge in [0.15, 0.2) is 16.2 Å². The summed E-state index contributed by atoms with van der Waals surface area (Å²) in [6.45, 7) is 2.81. The normalized spacial score (nSPS) is 15.7. The van der Waals surface area contributed by atoms with Crippen molar-refractivity contribution in [1.29, 1.82) is 0 Å². The lowest BCUT2D eigenvalue weighted by Gasteiger charge is -2.30. The van der Waals surface area contributed by atoms with Crippen LogP contribution in [0, 0.1) is 12.8 Å². The lowest BCUT2D eigenvalue weighted by Crippen LogP contribution is -2.41. The Kier molecular flexibility index (Phi) is 4.51. The third kappa shape index (κ3) is 3.64. The number of carbonyl (C=O) groups excluding carboxylic acids is 2. The second kappa shape index (κ2) is 6.57. The van der Waals surface area contributed by atoms with Crippen molar-refractivity contribution in [2.45, 2.75) is 19.8 Å². The molecule has 1 fully saturated rings. The molecular formula is C15H16BrN3O4. The number of anilines is 1. The van der Waals surface area contributed by atoms with Crippen LogP contribution in [-0.4, -0.2) is 35.0 Å². The molecule has 0 saturated carbocycles. The molecule has 3 heterocycles. The van der Waals surface area contributed by atoms with Gasteiger partial charge in [0.1, 0.15) is 5.76 Å². The number of hydrogen-bond acceptors (Lipinski definition) is 5. The minimum atomic E-state index is -0.151. The predicted octanol–water partition coefficient (Wildman–Crippen LogP) is 2.83. The second-order valence-electron chi connectivity index (χ2n) is 5.48. The van der Waals surface area contributed by atoms with Crippen LogP contribution in [0.25, 0.3) is 0 Å². The summed E-state index contributed by atoms with van der Waals surface area (Å²) in [6.07, 6.45) is 1.21. The van der Waals surface area contributed by atoms with Gasteiger partial charge in [-0.3, -0.25) is 9.59 Å². The lowest BCUT2D eigenvalue weighted by molar-refractivity contribution is -0.121. The summed E-state index contributed by atoms with van der Waals surface area (Å²) in [7, 11) is 0. The molecule has 1 N–H and O–H groups in total. The predicted molar refractivity (Wildman–Crippen MR) is 84.9 cm³/mol. The summed E-state index contributed by atoms with van der Waals surface area (Å²) < 4.78 is 10.7. The first-order valence-corrected chi connectivity index (χ1v) is 8.11. The molecule has 2 aromatic heterocycles. The SMILES string of the molecule is Cc1cc(NC(=O)C2CCN(C(=O)c3ccc(Br)o3)CC2)no1. The maximum absolute atomic E-state index is 12.3. The van der Waals surface area contributed by atoms with Crippen LogP contribution in [0.4, 0.5) is 5.82 Å². The highest BCUT2D eigenvalue weighted by Gasteiger charge is 2.29. The fourth-order valence-electron chi connectivity index (χ4n) is 2.58. The number of piperidine rings is 1. The van der Waals surface area contributed by atoms with Crippen molar-refractivity contribution >= 4 is 33.6 Å². The average Bonchev–Trinajstić information content (AvgIpc) is 3.15. The number of nitrogens with zero attached hydrogens (tertiary/aromatic N) is 2. The van der Waals surface area contributed by atoms with Gasteiger partial charge in [-0.1, -0.05) is 5.16 Å². The van der Waals surface area contributed by atoms with Crippen LogP contribution in [0.15, 0.2) is 31.8 Å². The van der Waals surface area contributed by atoms with Gasteiger partial charge >= 0.3 is 0 Å². The third-order valence-electron chi connectivity index (χ3n) is 3.82. The first-order chi connectivity index (χ1) is 11.0. The molecule has 1 saturated heterocycles. The summed E-state index contributed by atoms with van der Waals surface area (Å²) >= 11 is 3.18. The van der Waals surface area contributed by atoms with Gasteiger partial charge in [0.05, 0.1) is 0 Å². The van der Waals surface area contributed by atoms with Crippen molar-refractivity contribution in [3.8, 4) is 0 Å². The topological polar surface area (TPSA) is 88.6 Å². The monoisotopic (exact) mass is 381 g/mol. The Morgan fingerprint density at radius 3 is 2.65 bits per heavy atom. The lowest BCUT2D eigenvalue weighted by atomic mass is 9.95. The minimum absolute atomic E-state index is 0.0915. The standard InChI is InChI=1S/C15H16BrN3O4/c1-9-8-13(18-23-9)17-14(20)10-4-6-19(7-5-10)15(21)11-2-3-12(16)22-11/h2-3,8,10H,4-7H2,1H3,(H,17,18,20). The van der Waals surface area contributed by atoms with Crippen LogP contribution in [0.3, 0.4) is 0 Å². The zero-order chi connectivity index (χ0) is 16.4. The number of furan rings is 1. The molecule has 23 heavy (non-hydrogen) atoms. The molecule has 1 aliphatic rings. The first-order valence-electron chi connectivity index (χ1n) is 7.32. The summed E-state index contributed by atoms with van der Waals surface area (Å²) in [4.78, 5) is 26.2. The largest absolute Gasteiger partial charge is 0.444 e. The highest BCUT2D eigenvalue weighted by atomic mass is 79.9. The van der Waals surface area contributed by atoms with E-state index in [1.165, 1.54) is 0 Å². The van der Waals surface area contributed by atoms with E-state index in [-0.39, 0.29) is 17.7 Å². The quantitative estimate of drug-likeness (QED) is 0.882. The number of amides is 2. The molecule has 0 aliphatic carbocycles. The van der Waals surface area contributed by atoms with Crippen LogP contribution in [0.5, 0.6) is 0 Å². The van der Waals surface area contributed by atoms with E-state index in [1.54, 1.807) is 30.0 Å². The van der Waals surface area contributed by atoms with Gasteiger partial charge in [0.2, 0.25) is 5.91 Å². The van der Waals surface area contributed by atoms with Crippen molar-refractivity contribution in [2.24, 2.45) is 5.92 Å². The highest BCUT2D eigenvalue weighted by Crippen LogP contribution is 2.22. The molecule has 0 radical (unpaired) electrons. The number of likely N-dealkylation sites (tertiary alicyclic amines) is 1. The molecule has 2 aromatic rings. The molecule has 2 amide bonds. The summed E-state index contributed by atoms with van der Waals surface area (Å²) in [5.41, 5.74) is 0. The number of aryl methyl sites for hydroxylation is 1. The molecule has 7 nitrogen and oxygen atoms in total. The van der Waals surface area contributed by atoms with Crippen molar-refractivity contribution in [3.05, 3.63) is 34.4 Å². The van der Waals surface area contributed by atoms with Gasteiger partial charge < -0.3 is 19.2 Å². The Morgan fingerprint density at radius 1 is 1.35 bits per heavy atom. The molecule has 0 atom stereocenters. The maximum atomic E-state index is 12.3. The Balaban J connectivity index is 1.53. The van der Waals surface area contributed by atoms with Gasteiger partial charge in [0, 0.05) is 25.1 Å². The maximum Gasteiger partial charge on any atom is 0.289 e. The summed E-state index contributed by atoms with van der Waals surface area (Å²) in [5, 5.41) is 6.49. The van der Waals surface area contributed by atoms with Gasteiger partial charge in [0.25, 0.3) is 5.91 Å². The van der Waals surface area contributed by atoms with Crippen LogP contribution in [0.1, 0.15) is 29.2 Å². The van der Waals surface area contributed by atoms with Crippen LogP contribution in [0.2, 0.25) is 0 Å². The van der Waals surface area contributed by atoms with E-state index in [4.69, 9.17) is 8.94 Å². The Morgan fingerprint density at radius 2 is 2.09 bits per heavy atom. The second-order valence-corrected chi connectivity index (χ2v) is 6.26. The molecule has 8 heteroatoms. The molecule has 0 bridgehead atoms. The van der Waals surface area contributed by atoms with Gasteiger partial charge in [-0.05, 0) is 47.8 Å². The Hall–Kier alpha value is -2.09. The fraction of sp³-hybridized carbons (Fsp3) is 0.400. The van der Waals surface area contributed by atoms with Crippen molar-refractivity contribution < 1.29 is 18.5 Å². The molecular weight excluding hydrogens is 366 g/mol. The molecule has 0 spiro atoms. The Labute approximate surface area is 141 Å². The molecule has 1 aliphatic heterocycles. The van der Waals surface area contributed by atoms with Crippen LogP contribution < -0.4 is 5.32 Å². The van der Waals surface area contributed by atoms with E-state index in [0.717, 1.165) is 0 Å². The van der Waals surface area contributed by atoms with E-state index in [1.807, 2.05) is 0 Å². The Bertz CT molecular complexity index is 716. The van der Waals surface area contributed by atoms with E-state index >= 15 is 0 Å². The van der Waals surface area contributed by atoms with E-state index in [9.17, 15) is 9.59 Å². The van der Waals surface area contributed by atoms with E-state index < -0.39 is 0 Å². The minimum Gasteiger partial charge on any atom is -0.444 e. The summed E-state index contributed by atoms with van der Waals surface area (Å²) in [5.74, 6) is 0.988. The number of carbonyl (C=O) groups is 2. The smallest absolute Gasteiger partial charge is 0.289 e. The van der Waals surface area contributed by atoms with Crippen molar-refractivity contribution in [1.82, 2.24) is 10.1 Å². The number of nitrogens with one attached hydrogen (secondary N) is 1. The first kappa shape index (κ1) is 15.8. The molecule has 3 rings (SSSR count). The molecule has 0 unspecified atom stereocenters. The van der Waals surface area contributed by atoms with Crippen molar-refractivity contribution in [2.75, 3.05) is 18.4 Å². The van der Waals surface area contributed by atoms with Gasteiger partial charge in [-0.15, -0.1) is 0 Å². The average molecular weight is 382 g/mol. The van der Waals surface area contributed by atoms with E-state index in [0.29, 0.717) is 47.9 Å². The number of aromatic nitrogens is 1. The highest BCUT2D eigenvalue weighted by molar-refractivity contribution is 9.10. The zero-order valence-electron chi connectivity index (χ0n) is 12.5. The van der Waals surface area contributed by atoms with Crippen LogP contribution >= 0.6 is 15.9 Å². The van der Waals surface area contributed by atoms with Gasteiger partial charge in [-0.25, -0.2) is 0 Å². The molecule has 122 valence electrons. The zero-order valence-corrected chi connectivity index (χ0v) is 14.1. The number of rotatable bonds is 3. The number of hydrogen-bond donors (Lipinski definition) is 1. The third-order valence-corrected chi connectivity index (χ3v) is 4.24. The summed E-state index contributed by atoms with van der Waals surface area (Å²) in [6, 6.07) is 5.00. The number of halogens is 1. The van der Waals surface area contributed by atoms with Gasteiger partial charge in [-0.2, -0.15) is 0 Å². The van der Waals surface area contributed by atoms with Crippen LogP contribution in [-0.2, 0) is 4.79 Å². The van der Waals surface area contributed by atoms with Crippen molar-refractivity contribution in [3.63, 3.8) is 0 Å².